The van der Waals surface area contributed by atoms with Crippen molar-refractivity contribution in [3.63, 3.8) is 0 Å². The average Bonchev–Trinajstić information content (AvgIpc) is 2.87. The maximum Gasteiger partial charge on any atom is 0.163 e. The highest BCUT2D eigenvalue weighted by molar-refractivity contribution is 5.86. The molecule has 0 N–H and O–H groups in total. The van der Waals surface area contributed by atoms with Gasteiger partial charge >= 0.3 is 0 Å². The molecule has 0 radical (unpaired) electrons. The maximum absolute atomic E-state index is 4.37. The van der Waals surface area contributed by atoms with E-state index in [0.29, 0.717) is 0 Å². The molecule has 0 amide bonds. The second-order valence-electron chi connectivity index (χ2n) is 4.70. The van der Waals surface area contributed by atoms with Crippen LogP contribution < -0.4 is 4.90 Å². The van der Waals surface area contributed by atoms with Gasteiger partial charge in [0, 0.05) is 39.0 Å². The number of fused-ring (bicyclic) bond motifs is 1. The van der Waals surface area contributed by atoms with Gasteiger partial charge in [-0.1, -0.05) is 6.07 Å². The number of pyridine rings is 1. The quantitative estimate of drug-likeness (QED) is 0.716. The second-order valence-corrected chi connectivity index (χ2v) is 4.70. The summed E-state index contributed by atoms with van der Waals surface area (Å²) in [6.45, 7) is 0.845. The molecule has 102 valence electrons. The first-order chi connectivity index (χ1) is 9.75. The van der Waals surface area contributed by atoms with E-state index in [2.05, 4.69) is 25.0 Å². The predicted octanol–water partition coefficient (Wildman–Crippen LogP) is 1.44. The largest absolute Gasteiger partial charge is 0.359 e. The van der Waals surface area contributed by atoms with Crippen LogP contribution in [0, 0.1) is 0 Å². The molecule has 0 atom stereocenters. The molecule has 0 aliphatic heterocycles. The molecule has 20 heavy (non-hydrogen) atoms. The Kier molecular flexibility index (Phi) is 3.28. The fourth-order valence-electron chi connectivity index (χ4n) is 2.19. The van der Waals surface area contributed by atoms with Gasteiger partial charge in [-0.15, -0.1) is 0 Å². The van der Waals surface area contributed by atoms with Crippen molar-refractivity contribution in [2.75, 3.05) is 18.5 Å². The van der Waals surface area contributed by atoms with Gasteiger partial charge in [0.25, 0.3) is 0 Å². The Labute approximate surface area is 117 Å². The summed E-state index contributed by atoms with van der Waals surface area (Å²) in [7, 11) is 3.91. The third-order valence-electron chi connectivity index (χ3n) is 3.30. The normalized spacial score (nSPS) is 10.9. The van der Waals surface area contributed by atoms with Crippen LogP contribution in [0.5, 0.6) is 0 Å². The van der Waals surface area contributed by atoms with E-state index < -0.39 is 0 Å². The van der Waals surface area contributed by atoms with Crippen molar-refractivity contribution in [3.05, 3.63) is 42.6 Å². The van der Waals surface area contributed by atoms with Gasteiger partial charge in [-0.05, 0) is 12.1 Å². The molecule has 0 aliphatic rings. The summed E-state index contributed by atoms with van der Waals surface area (Å²) >= 11 is 0. The minimum absolute atomic E-state index is 0.845. The van der Waals surface area contributed by atoms with Gasteiger partial charge in [-0.25, -0.2) is 9.97 Å². The number of hydrogen-bond donors (Lipinski definition) is 0. The molecular formula is C14H16N6. The molecule has 0 saturated carbocycles. The standard InChI is InChI=1S/C14H16N6/c1-19(8-6-11-5-3-4-7-15-11)13-12-9-18-20(2)14(12)17-10-16-13/h3-5,7,9-10H,6,8H2,1-2H3. The van der Waals surface area contributed by atoms with Crippen molar-refractivity contribution in [3.8, 4) is 0 Å². The zero-order valence-corrected chi connectivity index (χ0v) is 11.6. The lowest BCUT2D eigenvalue weighted by molar-refractivity contribution is 0.784. The number of likely N-dealkylation sites (N-methyl/N-ethyl adjacent to an activating group) is 1. The van der Waals surface area contributed by atoms with Crippen LogP contribution in [-0.4, -0.2) is 38.3 Å². The maximum atomic E-state index is 4.37. The average molecular weight is 268 g/mol. The first-order valence-electron chi connectivity index (χ1n) is 6.49. The smallest absolute Gasteiger partial charge is 0.163 e. The third kappa shape index (κ3) is 2.32. The van der Waals surface area contributed by atoms with Crippen molar-refractivity contribution in [1.82, 2.24) is 24.7 Å². The molecule has 0 spiro atoms. The minimum atomic E-state index is 0.845. The zero-order valence-electron chi connectivity index (χ0n) is 11.6. The Bertz CT molecular complexity index is 706. The number of aromatic nitrogens is 5. The van der Waals surface area contributed by atoms with Crippen LogP contribution in [0.15, 0.2) is 36.9 Å². The molecule has 3 heterocycles. The van der Waals surface area contributed by atoms with Gasteiger partial charge in [0.15, 0.2) is 5.65 Å². The highest BCUT2D eigenvalue weighted by Crippen LogP contribution is 2.20. The van der Waals surface area contributed by atoms with Gasteiger partial charge in [0.05, 0.1) is 11.6 Å². The summed E-state index contributed by atoms with van der Waals surface area (Å²) in [5.41, 5.74) is 1.93. The van der Waals surface area contributed by atoms with Crippen LogP contribution in [0.3, 0.4) is 0 Å². The van der Waals surface area contributed by atoms with E-state index >= 15 is 0 Å². The summed E-state index contributed by atoms with van der Waals surface area (Å²) in [6.07, 6.45) is 6.08. The van der Waals surface area contributed by atoms with Crippen LogP contribution in [0.25, 0.3) is 11.0 Å². The molecule has 0 aromatic carbocycles. The summed E-state index contributed by atoms with van der Waals surface area (Å²) < 4.78 is 1.76. The lowest BCUT2D eigenvalue weighted by atomic mass is 10.2. The molecule has 0 bridgehead atoms. The molecular weight excluding hydrogens is 252 g/mol. The molecule has 3 aromatic heterocycles. The van der Waals surface area contributed by atoms with E-state index in [1.165, 1.54) is 0 Å². The number of nitrogens with zero attached hydrogens (tertiary/aromatic N) is 6. The van der Waals surface area contributed by atoms with Gasteiger partial charge in [-0.3, -0.25) is 9.67 Å². The van der Waals surface area contributed by atoms with E-state index in [1.54, 1.807) is 11.0 Å². The Morgan fingerprint density at radius 1 is 1.20 bits per heavy atom. The van der Waals surface area contributed by atoms with Crippen LogP contribution in [0.4, 0.5) is 5.82 Å². The van der Waals surface area contributed by atoms with E-state index in [0.717, 1.165) is 35.5 Å². The van der Waals surface area contributed by atoms with E-state index in [4.69, 9.17) is 0 Å². The Hall–Kier alpha value is -2.50. The van der Waals surface area contributed by atoms with Crippen molar-refractivity contribution >= 4 is 16.9 Å². The minimum Gasteiger partial charge on any atom is -0.359 e. The Morgan fingerprint density at radius 2 is 2.10 bits per heavy atom. The molecule has 0 aliphatic carbocycles. The lowest BCUT2D eigenvalue weighted by Gasteiger charge is -2.18. The van der Waals surface area contributed by atoms with Crippen LogP contribution in [0.1, 0.15) is 5.69 Å². The molecule has 0 saturated heterocycles. The monoisotopic (exact) mass is 268 g/mol. The number of aryl methyl sites for hydroxylation is 1. The highest BCUT2D eigenvalue weighted by Gasteiger charge is 2.11. The summed E-state index contributed by atoms with van der Waals surface area (Å²) in [5, 5.41) is 5.20. The van der Waals surface area contributed by atoms with Crippen molar-refractivity contribution < 1.29 is 0 Å². The summed E-state index contributed by atoms with van der Waals surface area (Å²) in [6, 6.07) is 5.97. The van der Waals surface area contributed by atoms with Crippen molar-refractivity contribution in [2.24, 2.45) is 7.05 Å². The highest BCUT2D eigenvalue weighted by atomic mass is 15.3. The summed E-state index contributed by atoms with van der Waals surface area (Å²) in [4.78, 5) is 15.1. The lowest BCUT2D eigenvalue weighted by Crippen LogP contribution is -2.22. The molecule has 3 aromatic rings. The van der Waals surface area contributed by atoms with Gasteiger partial charge in [-0.2, -0.15) is 5.10 Å². The predicted molar refractivity (Wildman–Crippen MR) is 77.5 cm³/mol. The van der Waals surface area contributed by atoms with E-state index in [-0.39, 0.29) is 0 Å². The first-order valence-corrected chi connectivity index (χ1v) is 6.49. The fourth-order valence-corrected chi connectivity index (χ4v) is 2.19. The molecule has 6 nitrogen and oxygen atoms in total. The topological polar surface area (TPSA) is 59.7 Å². The van der Waals surface area contributed by atoms with Crippen molar-refractivity contribution in [1.29, 1.82) is 0 Å². The van der Waals surface area contributed by atoms with Gasteiger partial charge in [0.1, 0.15) is 12.1 Å². The van der Waals surface area contributed by atoms with Gasteiger partial charge < -0.3 is 4.90 Å². The number of hydrogen-bond acceptors (Lipinski definition) is 5. The first kappa shape index (κ1) is 12.5. The number of anilines is 1. The SMILES string of the molecule is CN(CCc1ccccn1)c1ncnc2c1cnn2C. The summed E-state index contributed by atoms with van der Waals surface area (Å²) in [5.74, 6) is 0.902. The second kappa shape index (κ2) is 5.24. The third-order valence-corrected chi connectivity index (χ3v) is 3.30. The molecule has 3 rings (SSSR count). The fraction of sp³-hybridized carbons (Fsp3) is 0.286. The molecule has 6 heteroatoms. The van der Waals surface area contributed by atoms with E-state index in [9.17, 15) is 0 Å². The van der Waals surface area contributed by atoms with Crippen molar-refractivity contribution in [2.45, 2.75) is 6.42 Å². The molecule has 0 unspecified atom stereocenters. The van der Waals surface area contributed by atoms with Gasteiger partial charge in [0.2, 0.25) is 0 Å². The van der Waals surface area contributed by atoms with Crippen LogP contribution in [0.2, 0.25) is 0 Å². The van der Waals surface area contributed by atoms with E-state index in [1.807, 2.05) is 44.7 Å². The Balaban J connectivity index is 1.80. The van der Waals surface area contributed by atoms with Crippen LogP contribution >= 0.6 is 0 Å². The Morgan fingerprint density at radius 3 is 2.90 bits per heavy atom. The van der Waals surface area contributed by atoms with Crippen LogP contribution in [-0.2, 0) is 13.5 Å². The molecule has 0 fully saturated rings. The number of rotatable bonds is 4. The zero-order chi connectivity index (χ0) is 13.9.